The van der Waals surface area contributed by atoms with Gasteiger partial charge in [-0.1, -0.05) is 135 Å². The summed E-state index contributed by atoms with van der Waals surface area (Å²) in [4.78, 5) is 48.4. The first kappa shape index (κ1) is 41.6. The maximum absolute atomic E-state index is 12.8. The Balaban J connectivity index is 1.98. The first-order valence-corrected chi connectivity index (χ1v) is 17.2. The summed E-state index contributed by atoms with van der Waals surface area (Å²) < 4.78 is 10.5. The molecular weight excluding hydrogens is 624 g/mol. The van der Waals surface area contributed by atoms with Gasteiger partial charge in [0.2, 0.25) is 0 Å². The Hall–Kier alpha value is -4.58. The van der Waals surface area contributed by atoms with E-state index >= 15 is 0 Å². The summed E-state index contributed by atoms with van der Waals surface area (Å²) in [5.74, 6) is -1.13. The number of allylic oxidation sites excluding steroid dienone is 20. The molecule has 6 nitrogen and oxygen atoms in total. The number of rotatable bonds is 12. The normalized spacial score (nSPS) is 22.7. The van der Waals surface area contributed by atoms with Crippen LogP contribution >= 0.6 is 0 Å². The topological polar surface area (TPSA) is 86.7 Å². The van der Waals surface area contributed by atoms with Crippen LogP contribution in [0.5, 0.6) is 0 Å². The van der Waals surface area contributed by atoms with E-state index in [0.29, 0.717) is 24.0 Å². The average molecular weight is 681 g/mol. The molecule has 0 saturated carbocycles. The van der Waals surface area contributed by atoms with Crippen molar-refractivity contribution in [3.8, 4) is 0 Å². The van der Waals surface area contributed by atoms with Crippen LogP contribution in [0.15, 0.2) is 130 Å². The molecule has 0 saturated heterocycles. The van der Waals surface area contributed by atoms with Crippen molar-refractivity contribution in [1.29, 1.82) is 0 Å². The van der Waals surface area contributed by atoms with Gasteiger partial charge in [0.1, 0.15) is 0 Å². The lowest BCUT2D eigenvalue weighted by Crippen LogP contribution is -2.38. The largest absolute Gasteiger partial charge is 0.454 e. The summed E-state index contributed by atoms with van der Waals surface area (Å²) >= 11 is 0. The zero-order chi connectivity index (χ0) is 37.8. The van der Waals surface area contributed by atoms with Crippen molar-refractivity contribution in [2.45, 2.75) is 108 Å². The van der Waals surface area contributed by atoms with E-state index in [9.17, 15) is 19.2 Å². The molecule has 2 atom stereocenters. The minimum Gasteiger partial charge on any atom is -0.454 e. The molecule has 0 aromatic rings. The molecule has 0 N–H and O–H groups in total. The molecule has 0 unspecified atom stereocenters. The van der Waals surface area contributed by atoms with Gasteiger partial charge in [0, 0.05) is 26.7 Å². The number of ketones is 2. The number of hydrogen-bond donors (Lipinski definition) is 0. The average Bonchev–Trinajstić information content (AvgIpc) is 2.99. The summed E-state index contributed by atoms with van der Waals surface area (Å²) in [7, 11) is 0. The van der Waals surface area contributed by atoms with Crippen molar-refractivity contribution in [3.05, 3.63) is 130 Å². The summed E-state index contributed by atoms with van der Waals surface area (Å²) in [5, 5.41) is 0. The molecule has 0 spiro atoms. The molecule has 268 valence electrons. The van der Waals surface area contributed by atoms with E-state index in [1.807, 2.05) is 113 Å². The zero-order valence-corrected chi connectivity index (χ0v) is 32.1. The second-order valence-electron chi connectivity index (χ2n) is 14.6. The van der Waals surface area contributed by atoms with Crippen molar-refractivity contribution in [2.75, 3.05) is 0 Å². The van der Waals surface area contributed by atoms with Crippen molar-refractivity contribution in [1.82, 2.24) is 0 Å². The summed E-state index contributed by atoms with van der Waals surface area (Å²) in [6.45, 7) is 22.7. The fraction of sp³-hybridized carbons (Fsp3) is 0.409. The van der Waals surface area contributed by atoms with Crippen molar-refractivity contribution >= 4 is 23.5 Å². The van der Waals surface area contributed by atoms with E-state index in [1.165, 1.54) is 13.8 Å². The molecule has 0 aromatic carbocycles. The van der Waals surface area contributed by atoms with Crippen LogP contribution in [-0.4, -0.2) is 35.7 Å². The van der Waals surface area contributed by atoms with Gasteiger partial charge in [-0.15, -0.1) is 0 Å². The third kappa shape index (κ3) is 12.7. The molecule has 0 radical (unpaired) electrons. The molecular formula is C44H56O6. The van der Waals surface area contributed by atoms with Gasteiger partial charge in [-0.2, -0.15) is 0 Å². The SMILES string of the molecule is CC(=O)O[C@H]1CC(C)(C)C(/C=C/C(C)=C/C=C/C(C)=C/C=C/C=C(C)/C=C/C=C(C)/C=C/C2=C(C)C(=O)[C@@H](OC(C)=O)CC2(C)C)=C(C)C1=O. The van der Waals surface area contributed by atoms with E-state index in [2.05, 4.69) is 27.7 Å². The predicted molar refractivity (Wildman–Crippen MR) is 204 cm³/mol. The van der Waals surface area contributed by atoms with Crippen LogP contribution in [0.4, 0.5) is 0 Å². The van der Waals surface area contributed by atoms with Crippen LogP contribution in [0, 0.1) is 10.8 Å². The van der Waals surface area contributed by atoms with E-state index in [0.717, 1.165) is 33.4 Å². The highest BCUT2D eigenvalue weighted by molar-refractivity contribution is 6.02. The smallest absolute Gasteiger partial charge is 0.303 e. The molecule has 6 heteroatoms. The Morgan fingerprint density at radius 3 is 1.16 bits per heavy atom. The summed E-state index contributed by atoms with van der Waals surface area (Å²) in [6, 6.07) is 0. The Bertz CT molecular complexity index is 1560. The summed E-state index contributed by atoms with van der Waals surface area (Å²) in [6.07, 6.45) is 27.8. The third-order valence-corrected chi connectivity index (χ3v) is 8.89. The third-order valence-electron chi connectivity index (χ3n) is 8.89. The molecule has 0 bridgehead atoms. The molecule has 50 heavy (non-hydrogen) atoms. The predicted octanol–water partition coefficient (Wildman–Crippen LogP) is 10.0. The molecule has 0 amide bonds. The minimum absolute atomic E-state index is 0.127. The Morgan fingerprint density at radius 2 is 0.840 bits per heavy atom. The van der Waals surface area contributed by atoms with Gasteiger partial charge < -0.3 is 9.47 Å². The molecule has 0 heterocycles. The highest BCUT2D eigenvalue weighted by Gasteiger charge is 2.40. The lowest BCUT2D eigenvalue weighted by Gasteiger charge is -2.36. The van der Waals surface area contributed by atoms with E-state index < -0.39 is 24.1 Å². The number of carbonyl (C=O) groups excluding carboxylic acids is 4. The van der Waals surface area contributed by atoms with Crippen molar-refractivity contribution in [3.63, 3.8) is 0 Å². The first-order chi connectivity index (χ1) is 23.2. The van der Waals surface area contributed by atoms with Crippen LogP contribution in [0.3, 0.4) is 0 Å². The maximum Gasteiger partial charge on any atom is 0.303 e. The lowest BCUT2D eigenvalue weighted by atomic mass is 9.71. The monoisotopic (exact) mass is 680 g/mol. The van der Waals surface area contributed by atoms with Gasteiger partial charge in [0.25, 0.3) is 0 Å². The first-order valence-electron chi connectivity index (χ1n) is 17.2. The Morgan fingerprint density at radius 1 is 0.540 bits per heavy atom. The zero-order valence-electron chi connectivity index (χ0n) is 32.1. The van der Waals surface area contributed by atoms with Gasteiger partial charge in [0.05, 0.1) is 0 Å². The van der Waals surface area contributed by atoms with Gasteiger partial charge in [-0.3, -0.25) is 19.2 Å². The van der Waals surface area contributed by atoms with Gasteiger partial charge >= 0.3 is 11.9 Å². The van der Waals surface area contributed by atoms with Gasteiger partial charge in [0.15, 0.2) is 23.8 Å². The molecule has 0 aliphatic heterocycles. The molecule has 2 aliphatic rings. The molecule has 2 aliphatic carbocycles. The van der Waals surface area contributed by atoms with Crippen molar-refractivity contribution in [2.24, 2.45) is 10.8 Å². The number of ether oxygens (including phenoxy) is 2. The minimum atomic E-state index is -0.719. The fourth-order valence-corrected chi connectivity index (χ4v) is 6.16. The standard InChI is InChI=1S/C44H56O6/c1-29(19-15-21-31(3)23-25-37-33(5)41(47)39(49-35(7)45)27-43(37,9)10)17-13-14-18-30(2)20-16-22-32(4)24-26-38-34(6)42(48)40(50-36(8)46)28-44(38,11)12/h13-26,39-40H,27-28H2,1-12H3/b14-13+,19-15+,20-16+,25-23+,26-24+,29-17+,30-18+,31-21+,32-22+/t39-,40-/m0/s1. The van der Waals surface area contributed by atoms with Crippen LogP contribution in [0.25, 0.3) is 0 Å². The highest BCUT2D eigenvalue weighted by atomic mass is 16.5. The van der Waals surface area contributed by atoms with Crippen LogP contribution in [0.1, 0.15) is 95.9 Å². The van der Waals surface area contributed by atoms with Gasteiger partial charge in [-0.25, -0.2) is 0 Å². The van der Waals surface area contributed by atoms with E-state index in [1.54, 1.807) is 13.8 Å². The van der Waals surface area contributed by atoms with E-state index in [-0.39, 0.29) is 22.4 Å². The number of hydrogen-bond acceptors (Lipinski definition) is 6. The van der Waals surface area contributed by atoms with Crippen LogP contribution < -0.4 is 0 Å². The Kier molecular flexibility index (Phi) is 15.3. The summed E-state index contributed by atoms with van der Waals surface area (Å²) in [5.41, 5.74) is 6.94. The van der Waals surface area contributed by atoms with E-state index in [4.69, 9.17) is 9.47 Å². The Labute approximate surface area is 300 Å². The van der Waals surface area contributed by atoms with Crippen molar-refractivity contribution < 1.29 is 28.7 Å². The van der Waals surface area contributed by atoms with Crippen LogP contribution in [-0.2, 0) is 28.7 Å². The fourth-order valence-electron chi connectivity index (χ4n) is 6.16. The highest BCUT2D eigenvalue weighted by Crippen LogP contribution is 2.42. The quantitative estimate of drug-likeness (QED) is 0.151. The number of Topliss-reactive ketones (excluding diaryl/α,β-unsaturated/α-hetero) is 2. The second-order valence-corrected chi connectivity index (χ2v) is 14.6. The number of carbonyl (C=O) groups is 4. The molecule has 2 rings (SSSR count). The van der Waals surface area contributed by atoms with Gasteiger partial charge in [-0.05, 0) is 74.7 Å². The van der Waals surface area contributed by atoms with Crippen LogP contribution in [0.2, 0.25) is 0 Å². The lowest BCUT2D eigenvalue weighted by molar-refractivity contribution is -0.154. The number of esters is 2. The molecule has 0 aromatic heterocycles. The molecule has 0 fully saturated rings. The maximum atomic E-state index is 12.8. The second kappa shape index (κ2) is 18.4.